The highest BCUT2D eigenvalue weighted by Gasteiger charge is 2.24. The molecule has 1 aromatic carbocycles. The number of benzene rings is 1. The van der Waals surface area contributed by atoms with Crippen molar-refractivity contribution in [2.45, 2.75) is 25.7 Å². The van der Waals surface area contributed by atoms with Crippen molar-refractivity contribution in [3.05, 3.63) is 41.7 Å². The Hall–Kier alpha value is -2.90. The molecule has 0 atom stereocenters. The molecule has 7 nitrogen and oxygen atoms in total. The molecule has 1 aromatic heterocycles. The number of anilines is 2. The highest BCUT2D eigenvalue weighted by atomic mass is 19.1. The largest absolute Gasteiger partial charge is 0.494 e. The van der Waals surface area contributed by atoms with E-state index in [2.05, 4.69) is 20.0 Å². The maximum atomic E-state index is 13.9. The molecule has 160 valence electrons. The molecule has 0 aliphatic carbocycles. The summed E-state index contributed by atoms with van der Waals surface area (Å²) in [6.45, 7) is 4.54. The van der Waals surface area contributed by atoms with Crippen LogP contribution < -0.4 is 14.5 Å². The first-order chi connectivity index (χ1) is 14.7. The minimum absolute atomic E-state index is 0.138. The maximum Gasteiger partial charge on any atom is 0.254 e. The maximum absolute atomic E-state index is 13.9. The highest BCUT2D eigenvalue weighted by molar-refractivity contribution is 5.94. The van der Waals surface area contributed by atoms with Gasteiger partial charge in [0, 0.05) is 44.8 Å². The molecule has 0 bridgehead atoms. The van der Waals surface area contributed by atoms with Crippen LogP contribution in [0, 0.1) is 5.82 Å². The van der Waals surface area contributed by atoms with Crippen molar-refractivity contribution in [2.24, 2.45) is 0 Å². The lowest BCUT2D eigenvalue weighted by molar-refractivity contribution is 0.0746. The number of halogens is 1. The van der Waals surface area contributed by atoms with Crippen LogP contribution in [-0.2, 0) is 0 Å². The smallest absolute Gasteiger partial charge is 0.254 e. The Kier molecular flexibility index (Phi) is 6.30. The second kappa shape index (κ2) is 9.28. The standard InChI is InChI=1S/C22H28FN5O2/c1-30-19-7-6-17(16-18(19)23)22(29)28-14-12-27(13-15-28)21-9-8-20(24-25-21)26-10-4-2-3-5-11-26/h6-9,16H,2-5,10-15H2,1H3. The molecule has 8 heteroatoms. The molecule has 0 unspecified atom stereocenters. The van der Waals surface area contributed by atoms with Crippen LogP contribution in [0.15, 0.2) is 30.3 Å². The van der Waals surface area contributed by atoms with E-state index in [4.69, 9.17) is 4.74 Å². The Morgan fingerprint density at radius 3 is 2.00 bits per heavy atom. The zero-order valence-electron chi connectivity index (χ0n) is 17.4. The summed E-state index contributed by atoms with van der Waals surface area (Å²) >= 11 is 0. The number of carbonyl (C=O) groups is 1. The van der Waals surface area contributed by atoms with Crippen LogP contribution >= 0.6 is 0 Å². The first kappa shape index (κ1) is 20.4. The quantitative estimate of drug-likeness (QED) is 0.768. The number of nitrogens with zero attached hydrogens (tertiary/aromatic N) is 5. The highest BCUT2D eigenvalue weighted by Crippen LogP contribution is 2.22. The van der Waals surface area contributed by atoms with Gasteiger partial charge in [-0.1, -0.05) is 12.8 Å². The van der Waals surface area contributed by atoms with Gasteiger partial charge in [0.15, 0.2) is 23.2 Å². The Morgan fingerprint density at radius 2 is 1.47 bits per heavy atom. The Bertz CT molecular complexity index is 860. The third-order valence-electron chi connectivity index (χ3n) is 5.86. The first-order valence-corrected chi connectivity index (χ1v) is 10.6. The SMILES string of the molecule is COc1ccc(C(=O)N2CCN(c3ccc(N4CCCCCC4)nn3)CC2)cc1F. The zero-order chi connectivity index (χ0) is 20.9. The number of ether oxygens (including phenoxy) is 1. The molecule has 30 heavy (non-hydrogen) atoms. The molecule has 0 spiro atoms. The minimum Gasteiger partial charge on any atom is -0.494 e. The average Bonchev–Trinajstić information content (AvgIpc) is 3.08. The number of aromatic nitrogens is 2. The van der Waals surface area contributed by atoms with E-state index in [1.807, 2.05) is 12.1 Å². The zero-order valence-corrected chi connectivity index (χ0v) is 17.4. The monoisotopic (exact) mass is 413 g/mol. The van der Waals surface area contributed by atoms with Gasteiger partial charge < -0.3 is 19.4 Å². The molecule has 0 saturated carbocycles. The molecule has 0 N–H and O–H groups in total. The summed E-state index contributed by atoms with van der Waals surface area (Å²) in [5.74, 6) is 1.21. The number of methoxy groups -OCH3 is 1. The molecular formula is C22H28FN5O2. The number of piperazine rings is 1. The van der Waals surface area contributed by atoms with Gasteiger partial charge in [-0.25, -0.2) is 4.39 Å². The molecule has 3 heterocycles. The predicted molar refractivity (Wildman–Crippen MR) is 114 cm³/mol. The number of hydrogen-bond acceptors (Lipinski definition) is 6. The normalized spacial score (nSPS) is 17.6. The van der Waals surface area contributed by atoms with Crippen molar-refractivity contribution in [1.29, 1.82) is 0 Å². The molecule has 2 fully saturated rings. The molecule has 0 radical (unpaired) electrons. The van der Waals surface area contributed by atoms with Crippen molar-refractivity contribution in [3.63, 3.8) is 0 Å². The lowest BCUT2D eigenvalue weighted by Crippen LogP contribution is -2.49. The lowest BCUT2D eigenvalue weighted by Gasteiger charge is -2.35. The summed E-state index contributed by atoms with van der Waals surface area (Å²) in [5, 5.41) is 8.88. The second-order valence-electron chi connectivity index (χ2n) is 7.78. The molecule has 1 amide bonds. The fourth-order valence-corrected chi connectivity index (χ4v) is 4.08. The van der Waals surface area contributed by atoms with E-state index in [9.17, 15) is 9.18 Å². The van der Waals surface area contributed by atoms with Crippen molar-refractivity contribution in [1.82, 2.24) is 15.1 Å². The van der Waals surface area contributed by atoms with Crippen LogP contribution in [0.5, 0.6) is 5.75 Å². The van der Waals surface area contributed by atoms with Gasteiger partial charge in [0.25, 0.3) is 5.91 Å². The fraction of sp³-hybridized carbons (Fsp3) is 0.500. The third-order valence-corrected chi connectivity index (χ3v) is 5.86. The van der Waals surface area contributed by atoms with E-state index in [0.29, 0.717) is 31.7 Å². The first-order valence-electron chi connectivity index (χ1n) is 10.6. The van der Waals surface area contributed by atoms with Gasteiger partial charge in [-0.2, -0.15) is 0 Å². The van der Waals surface area contributed by atoms with E-state index >= 15 is 0 Å². The summed E-state index contributed by atoms with van der Waals surface area (Å²) in [5.41, 5.74) is 0.336. The summed E-state index contributed by atoms with van der Waals surface area (Å²) in [6, 6.07) is 8.39. The minimum atomic E-state index is -0.526. The van der Waals surface area contributed by atoms with E-state index in [0.717, 1.165) is 24.7 Å². The second-order valence-corrected chi connectivity index (χ2v) is 7.78. The number of rotatable bonds is 4. The van der Waals surface area contributed by atoms with Gasteiger partial charge in [-0.3, -0.25) is 4.79 Å². The summed E-state index contributed by atoms with van der Waals surface area (Å²) in [7, 11) is 1.41. The van der Waals surface area contributed by atoms with Crippen LogP contribution in [-0.4, -0.2) is 67.4 Å². The summed E-state index contributed by atoms with van der Waals surface area (Å²) in [4.78, 5) is 18.9. The topological polar surface area (TPSA) is 61.8 Å². The number of carbonyl (C=O) groups excluding carboxylic acids is 1. The van der Waals surface area contributed by atoms with Crippen LogP contribution in [0.2, 0.25) is 0 Å². The van der Waals surface area contributed by atoms with Crippen molar-refractivity contribution in [2.75, 3.05) is 56.2 Å². The Labute approximate surface area is 176 Å². The Morgan fingerprint density at radius 1 is 0.867 bits per heavy atom. The van der Waals surface area contributed by atoms with E-state index in [1.54, 1.807) is 11.0 Å². The van der Waals surface area contributed by atoms with Gasteiger partial charge in [-0.15, -0.1) is 10.2 Å². The molecule has 2 aliphatic rings. The van der Waals surface area contributed by atoms with Crippen LogP contribution in [0.1, 0.15) is 36.0 Å². The molecule has 2 aliphatic heterocycles. The van der Waals surface area contributed by atoms with Crippen LogP contribution in [0.25, 0.3) is 0 Å². The fourth-order valence-electron chi connectivity index (χ4n) is 4.08. The van der Waals surface area contributed by atoms with Crippen LogP contribution in [0.3, 0.4) is 0 Å². The average molecular weight is 413 g/mol. The molecular weight excluding hydrogens is 385 g/mol. The van der Waals surface area contributed by atoms with Crippen LogP contribution in [0.4, 0.5) is 16.0 Å². The summed E-state index contributed by atoms with van der Waals surface area (Å²) in [6.07, 6.45) is 4.98. The van der Waals surface area contributed by atoms with E-state index in [-0.39, 0.29) is 11.7 Å². The van der Waals surface area contributed by atoms with Gasteiger partial charge >= 0.3 is 0 Å². The number of amides is 1. The molecule has 2 saturated heterocycles. The van der Waals surface area contributed by atoms with Gasteiger partial charge in [-0.05, 0) is 43.2 Å². The molecule has 2 aromatic rings. The van der Waals surface area contributed by atoms with Gasteiger partial charge in [0.2, 0.25) is 0 Å². The van der Waals surface area contributed by atoms with Crippen molar-refractivity contribution < 1.29 is 13.9 Å². The van der Waals surface area contributed by atoms with Gasteiger partial charge in [0.1, 0.15) is 0 Å². The van der Waals surface area contributed by atoms with Gasteiger partial charge in [0.05, 0.1) is 7.11 Å². The van der Waals surface area contributed by atoms with E-state index in [1.165, 1.54) is 44.9 Å². The molecule has 4 rings (SSSR count). The van der Waals surface area contributed by atoms with E-state index < -0.39 is 5.82 Å². The van der Waals surface area contributed by atoms with Crippen molar-refractivity contribution in [3.8, 4) is 5.75 Å². The van der Waals surface area contributed by atoms with Crippen molar-refractivity contribution >= 4 is 17.5 Å². The summed E-state index contributed by atoms with van der Waals surface area (Å²) < 4.78 is 18.8. The Balaban J connectivity index is 1.35. The third kappa shape index (κ3) is 4.47. The predicted octanol–water partition coefficient (Wildman–Crippen LogP) is 2.97. The number of hydrogen-bond donors (Lipinski definition) is 0. The lowest BCUT2D eigenvalue weighted by atomic mass is 10.1.